The summed E-state index contributed by atoms with van der Waals surface area (Å²) in [6.45, 7) is 0. The minimum atomic E-state index is -0.472. The Bertz CT molecular complexity index is 759. The Kier molecular flexibility index (Phi) is 2.12. The van der Waals surface area contributed by atoms with E-state index in [9.17, 15) is 9.59 Å². The van der Waals surface area contributed by atoms with E-state index in [2.05, 4.69) is 20.4 Å². The molecule has 2 N–H and O–H groups in total. The molecule has 0 fully saturated rings. The number of rotatable bonds is 0. The van der Waals surface area contributed by atoms with Crippen LogP contribution in [-0.2, 0) is 6.42 Å². The Morgan fingerprint density at radius 3 is 3.00 bits per heavy atom. The average Bonchev–Trinajstić information content (AvgIpc) is 2.76. The Morgan fingerprint density at radius 1 is 1.35 bits per heavy atom. The number of aromatic amines is 2. The molecule has 2 aromatic rings. The molecule has 0 atom stereocenters. The van der Waals surface area contributed by atoms with E-state index in [1.165, 1.54) is 0 Å². The Balaban J connectivity index is 2.60. The van der Waals surface area contributed by atoms with Gasteiger partial charge in [-0.15, -0.1) is 5.10 Å². The number of hydrogen-bond donors (Lipinski definition) is 2. The third-order valence-corrected chi connectivity index (χ3v) is 3.11. The van der Waals surface area contributed by atoms with Gasteiger partial charge < -0.3 is 4.98 Å². The number of fused-ring (bicyclic) bond motifs is 2. The molecule has 0 aromatic carbocycles. The summed E-state index contributed by atoms with van der Waals surface area (Å²) in [6, 6.07) is 0. The molecule has 1 aliphatic rings. The number of H-pyrrole nitrogens is 2. The van der Waals surface area contributed by atoms with Crippen LogP contribution in [0, 0.1) is 0 Å². The van der Waals surface area contributed by atoms with E-state index in [0.717, 1.165) is 0 Å². The van der Waals surface area contributed by atoms with Crippen LogP contribution < -0.4 is 11.0 Å². The van der Waals surface area contributed by atoms with Crippen molar-refractivity contribution in [1.82, 2.24) is 20.4 Å². The summed E-state index contributed by atoms with van der Waals surface area (Å²) < 4.78 is 0. The maximum Gasteiger partial charge on any atom is 0.278 e. The van der Waals surface area contributed by atoms with Crippen molar-refractivity contribution in [1.29, 1.82) is 0 Å². The molecule has 7 heteroatoms. The highest BCUT2D eigenvalue weighted by atomic mass is 35.5. The topological polar surface area (TPSA) is 91.5 Å². The second kappa shape index (κ2) is 3.53. The first-order chi connectivity index (χ1) is 8.18. The van der Waals surface area contributed by atoms with Crippen LogP contribution in [-0.4, -0.2) is 20.4 Å². The molecule has 6 nitrogen and oxygen atoms in total. The van der Waals surface area contributed by atoms with Crippen molar-refractivity contribution in [3.8, 4) is 0 Å². The largest absolute Gasteiger partial charge is 0.319 e. The molecule has 0 unspecified atom stereocenters. The van der Waals surface area contributed by atoms with E-state index in [1.54, 1.807) is 6.08 Å². The third-order valence-electron chi connectivity index (χ3n) is 2.76. The first-order valence-electron chi connectivity index (χ1n) is 5.04. The van der Waals surface area contributed by atoms with Gasteiger partial charge in [-0.25, -0.2) is 0 Å². The van der Waals surface area contributed by atoms with Crippen LogP contribution in [0.4, 0.5) is 0 Å². The maximum absolute atomic E-state index is 12.2. The number of nitrogens with one attached hydrogen (secondary N) is 2. The minimum Gasteiger partial charge on any atom is -0.319 e. The summed E-state index contributed by atoms with van der Waals surface area (Å²) in [5.74, 6) is 0. The van der Waals surface area contributed by atoms with Crippen LogP contribution in [0.1, 0.15) is 17.7 Å². The average molecular weight is 251 g/mol. The molecular weight excluding hydrogens is 244 g/mol. The molecule has 0 radical (unpaired) electrons. The number of halogens is 1. The molecule has 0 saturated carbocycles. The van der Waals surface area contributed by atoms with E-state index in [0.29, 0.717) is 29.1 Å². The number of hydrogen-bond acceptors (Lipinski definition) is 4. The van der Waals surface area contributed by atoms with Crippen molar-refractivity contribution in [2.24, 2.45) is 0 Å². The zero-order chi connectivity index (χ0) is 12.0. The van der Waals surface area contributed by atoms with Crippen LogP contribution in [0.3, 0.4) is 0 Å². The molecular formula is C10H7ClN4O2. The lowest BCUT2D eigenvalue weighted by Crippen LogP contribution is -2.12. The van der Waals surface area contributed by atoms with Gasteiger partial charge in [-0.05, 0) is 12.8 Å². The number of allylic oxidation sites excluding steroid dienone is 1. The lowest BCUT2D eigenvalue weighted by atomic mass is 10.0. The molecule has 2 aromatic heterocycles. The lowest BCUT2D eigenvalue weighted by Gasteiger charge is -2.08. The van der Waals surface area contributed by atoms with Crippen molar-refractivity contribution in [2.75, 3.05) is 0 Å². The molecule has 0 saturated heterocycles. The molecule has 0 bridgehead atoms. The van der Waals surface area contributed by atoms with Gasteiger partial charge in [0.2, 0.25) is 5.43 Å². The summed E-state index contributed by atoms with van der Waals surface area (Å²) in [6.07, 6.45) is 3.00. The van der Waals surface area contributed by atoms with E-state index >= 15 is 0 Å². The van der Waals surface area contributed by atoms with E-state index in [-0.39, 0.29) is 16.5 Å². The number of nitrogens with zero attached hydrogens (tertiary/aromatic N) is 2. The Morgan fingerprint density at radius 2 is 2.18 bits per heavy atom. The normalized spacial score (nSPS) is 14.5. The fourth-order valence-corrected chi connectivity index (χ4v) is 2.22. The van der Waals surface area contributed by atoms with Crippen LogP contribution in [0.15, 0.2) is 15.7 Å². The predicted molar refractivity (Wildman–Crippen MR) is 62.9 cm³/mol. The van der Waals surface area contributed by atoms with Gasteiger partial charge in [-0.2, -0.15) is 0 Å². The van der Waals surface area contributed by atoms with Crippen LogP contribution in [0.25, 0.3) is 16.1 Å². The predicted octanol–water partition coefficient (Wildman–Crippen LogP) is 0.532. The molecule has 3 rings (SSSR count). The third kappa shape index (κ3) is 1.41. The van der Waals surface area contributed by atoms with E-state index in [4.69, 9.17) is 11.6 Å². The highest BCUT2D eigenvalue weighted by molar-refractivity contribution is 6.48. The van der Waals surface area contributed by atoms with Crippen molar-refractivity contribution in [2.45, 2.75) is 12.8 Å². The second-order valence-electron chi connectivity index (χ2n) is 3.76. The van der Waals surface area contributed by atoms with E-state index < -0.39 is 5.56 Å². The monoisotopic (exact) mass is 250 g/mol. The summed E-state index contributed by atoms with van der Waals surface area (Å²) >= 11 is 5.99. The van der Waals surface area contributed by atoms with Crippen molar-refractivity contribution in [3.05, 3.63) is 37.9 Å². The Labute approximate surface area is 99.3 Å². The van der Waals surface area contributed by atoms with Crippen LogP contribution in [0.5, 0.6) is 0 Å². The molecule has 86 valence electrons. The molecule has 1 aliphatic carbocycles. The van der Waals surface area contributed by atoms with Gasteiger partial charge in [0, 0.05) is 5.56 Å². The van der Waals surface area contributed by atoms with Crippen LogP contribution >= 0.6 is 11.6 Å². The molecule has 0 spiro atoms. The van der Waals surface area contributed by atoms with Gasteiger partial charge in [0.05, 0.1) is 10.7 Å². The molecule has 17 heavy (non-hydrogen) atoms. The van der Waals surface area contributed by atoms with Gasteiger partial charge in [0.15, 0.2) is 5.52 Å². The second-order valence-corrected chi connectivity index (χ2v) is 4.17. The van der Waals surface area contributed by atoms with Crippen molar-refractivity contribution >= 4 is 27.7 Å². The fourth-order valence-electron chi connectivity index (χ4n) is 1.95. The minimum absolute atomic E-state index is 0.00821. The number of aromatic nitrogens is 4. The SMILES string of the molecule is O=c1[nH]c2c(c(=O)c3[nH]nnc13)CCC=C2Cl. The van der Waals surface area contributed by atoms with Gasteiger partial charge in [0.1, 0.15) is 5.52 Å². The maximum atomic E-state index is 12.2. The molecule has 0 aliphatic heterocycles. The highest BCUT2D eigenvalue weighted by Crippen LogP contribution is 2.24. The summed E-state index contributed by atoms with van der Waals surface area (Å²) in [7, 11) is 0. The lowest BCUT2D eigenvalue weighted by molar-refractivity contribution is 0.936. The van der Waals surface area contributed by atoms with Gasteiger partial charge in [0.25, 0.3) is 5.56 Å². The zero-order valence-electron chi connectivity index (χ0n) is 8.58. The zero-order valence-corrected chi connectivity index (χ0v) is 9.34. The smallest absolute Gasteiger partial charge is 0.278 e. The van der Waals surface area contributed by atoms with Crippen molar-refractivity contribution in [3.63, 3.8) is 0 Å². The standard InChI is InChI=1S/C10H7ClN4O2/c11-5-3-1-2-4-6(5)12-10(17)8-7(9(4)16)13-15-14-8/h3H,1-2H2,(H,12,17)(H,13,14,15). The van der Waals surface area contributed by atoms with Gasteiger partial charge in [-0.1, -0.05) is 22.9 Å². The fraction of sp³-hybridized carbons (Fsp3) is 0.200. The molecule has 0 amide bonds. The van der Waals surface area contributed by atoms with Crippen LogP contribution in [0.2, 0.25) is 0 Å². The first kappa shape index (κ1) is 10.2. The van der Waals surface area contributed by atoms with E-state index in [1.807, 2.05) is 0 Å². The quantitative estimate of drug-likeness (QED) is 0.714. The summed E-state index contributed by atoms with van der Waals surface area (Å²) in [5.41, 5.74) is 0.271. The molecule has 2 heterocycles. The van der Waals surface area contributed by atoms with Crippen molar-refractivity contribution < 1.29 is 0 Å². The highest BCUT2D eigenvalue weighted by Gasteiger charge is 2.18. The summed E-state index contributed by atoms with van der Waals surface area (Å²) in [5, 5.41) is 9.93. The summed E-state index contributed by atoms with van der Waals surface area (Å²) in [4.78, 5) is 26.6. The van der Waals surface area contributed by atoms with Gasteiger partial charge >= 0.3 is 0 Å². The first-order valence-corrected chi connectivity index (χ1v) is 5.42. The van der Waals surface area contributed by atoms with Gasteiger partial charge in [-0.3, -0.25) is 14.7 Å². The Hall–Kier alpha value is -1.95.